The molecule has 2 amide bonds. The summed E-state index contributed by atoms with van der Waals surface area (Å²) in [6.45, 7) is 12.8. The van der Waals surface area contributed by atoms with Gasteiger partial charge in [-0.25, -0.2) is 4.79 Å². The van der Waals surface area contributed by atoms with E-state index in [2.05, 4.69) is 10.2 Å². The third-order valence-corrected chi connectivity index (χ3v) is 6.54. The highest BCUT2D eigenvalue weighted by molar-refractivity contribution is 7.87. The fourth-order valence-electron chi connectivity index (χ4n) is 3.57. The van der Waals surface area contributed by atoms with E-state index in [0.717, 1.165) is 18.8 Å². The van der Waals surface area contributed by atoms with Crippen molar-refractivity contribution >= 4 is 21.8 Å². The number of benzene rings is 2. The first-order valence-electron chi connectivity index (χ1n) is 11.6. The Morgan fingerprint density at radius 1 is 1.03 bits per heavy atom. The highest BCUT2D eigenvalue weighted by Crippen LogP contribution is 2.30. The van der Waals surface area contributed by atoms with Crippen molar-refractivity contribution < 1.29 is 22.1 Å². The molecule has 2 aromatic carbocycles. The van der Waals surface area contributed by atoms with Crippen molar-refractivity contribution in [2.45, 2.75) is 46.1 Å². The van der Waals surface area contributed by atoms with Gasteiger partial charge in [-0.15, -0.1) is 0 Å². The molecule has 0 fully saturated rings. The van der Waals surface area contributed by atoms with Crippen LogP contribution in [0.3, 0.4) is 0 Å². The summed E-state index contributed by atoms with van der Waals surface area (Å²) in [7, 11) is -2.58. The first-order valence-corrected chi connectivity index (χ1v) is 13.0. The first kappa shape index (κ1) is 27.3. The molecule has 0 atom stereocenters. The van der Waals surface area contributed by atoms with Crippen LogP contribution in [0.5, 0.6) is 11.5 Å². The van der Waals surface area contributed by atoms with Crippen molar-refractivity contribution in [1.29, 1.82) is 0 Å². The predicted molar refractivity (Wildman–Crippen MR) is 135 cm³/mol. The van der Waals surface area contributed by atoms with E-state index in [0.29, 0.717) is 24.4 Å². The van der Waals surface area contributed by atoms with Gasteiger partial charge in [0, 0.05) is 43.5 Å². The Morgan fingerprint density at radius 2 is 1.68 bits per heavy atom. The molecule has 0 aliphatic rings. The molecular formula is C25H37N3O5S. The van der Waals surface area contributed by atoms with Gasteiger partial charge in [0.05, 0.1) is 13.7 Å². The lowest BCUT2D eigenvalue weighted by atomic mass is 10.1. The summed E-state index contributed by atoms with van der Waals surface area (Å²) < 4.78 is 37.0. The molecule has 0 bridgehead atoms. The summed E-state index contributed by atoms with van der Waals surface area (Å²) in [5.74, 6) is 0.998. The normalized spacial score (nSPS) is 11.3. The summed E-state index contributed by atoms with van der Waals surface area (Å²) in [6.07, 6.45) is 0. The Bertz CT molecular complexity index is 1040. The molecule has 0 unspecified atom stereocenters. The molecule has 0 aliphatic heterocycles. The van der Waals surface area contributed by atoms with E-state index < -0.39 is 10.1 Å². The summed E-state index contributed by atoms with van der Waals surface area (Å²) in [4.78, 5) is 16.5. The molecule has 1 N–H and O–H groups in total. The molecule has 0 aliphatic carbocycles. The maximum atomic E-state index is 13.1. The molecule has 188 valence electrons. The number of methoxy groups -OCH3 is 1. The number of carbonyl (C=O) groups is 1. The van der Waals surface area contributed by atoms with Gasteiger partial charge in [0.1, 0.15) is 16.4 Å². The molecule has 2 rings (SSSR count). The van der Waals surface area contributed by atoms with Gasteiger partial charge in [0.25, 0.3) is 0 Å². The predicted octanol–water partition coefficient (Wildman–Crippen LogP) is 4.50. The van der Waals surface area contributed by atoms with Crippen LogP contribution in [-0.4, -0.2) is 52.6 Å². The van der Waals surface area contributed by atoms with Crippen molar-refractivity contribution in [2.24, 2.45) is 5.92 Å². The fraction of sp³-hybridized carbons (Fsp3) is 0.480. The van der Waals surface area contributed by atoms with Crippen LogP contribution in [-0.2, 0) is 16.7 Å². The van der Waals surface area contributed by atoms with E-state index in [9.17, 15) is 13.2 Å². The van der Waals surface area contributed by atoms with Crippen LogP contribution in [0.2, 0.25) is 0 Å². The molecule has 0 saturated carbocycles. The molecule has 0 heterocycles. The number of amides is 2. The minimum Gasteiger partial charge on any atom is -0.497 e. The zero-order valence-electron chi connectivity index (χ0n) is 21.0. The molecule has 0 radical (unpaired) electrons. The third-order valence-electron chi connectivity index (χ3n) is 5.29. The van der Waals surface area contributed by atoms with Gasteiger partial charge < -0.3 is 24.0 Å². The van der Waals surface area contributed by atoms with Crippen LogP contribution in [0.25, 0.3) is 0 Å². The second-order valence-corrected chi connectivity index (χ2v) is 9.83. The maximum Gasteiger partial charge on any atom is 0.339 e. The van der Waals surface area contributed by atoms with E-state index in [1.165, 1.54) is 19.2 Å². The molecule has 0 aromatic heterocycles. The lowest BCUT2D eigenvalue weighted by Crippen LogP contribution is -2.41. The zero-order valence-corrected chi connectivity index (χ0v) is 21.8. The Morgan fingerprint density at radius 3 is 2.21 bits per heavy atom. The second-order valence-electron chi connectivity index (χ2n) is 8.29. The van der Waals surface area contributed by atoms with Crippen LogP contribution in [0.1, 0.15) is 40.2 Å². The quantitative estimate of drug-likeness (QED) is 0.440. The van der Waals surface area contributed by atoms with Crippen LogP contribution >= 0.6 is 0 Å². The number of ether oxygens (including phenoxy) is 1. The number of carbonyl (C=O) groups excluding carboxylic acids is 1. The van der Waals surface area contributed by atoms with Gasteiger partial charge in [-0.3, -0.25) is 0 Å². The fourth-order valence-corrected chi connectivity index (χ4v) is 4.53. The lowest BCUT2D eigenvalue weighted by Gasteiger charge is -2.27. The van der Waals surface area contributed by atoms with Crippen molar-refractivity contribution in [1.82, 2.24) is 10.2 Å². The molecule has 34 heavy (non-hydrogen) atoms. The van der Waals surface area contributed by atoms with Gasteiger partial charge in [-0.05, 0) is 57.0 Å². The highest BCUT2D eigenvalue weighted by Gasteiger charge is 2.23. The van der Waals surface area contributed by atoms with Crippen molar-refractivity contribution in [3.63, 3.8) is 0 Å². The second kappa shape index (κ2) is 12.5. The van der Waals surface area contributed by atoms with Gasteiger partial charge in [0.2, 0.25) is 0 Å². The molecule has 9 heteroatoms. The van der Waals surface area contributed by atoms with Gasteiger partial charge >= 0.3 is 16.1 Å². The summed E-state index contributed by atoms with van der Waals surface area (Å²) in [5, 5.41) is 2.83. The average Bonchev–Trinajstić information content (AvgIpc) is 2.80. The smallest absolute Gasteiger partial charge is 0.339 e. The Kier molecular flexibility index (Phi) is 10.0. The van der Waals surface area contributed by atoms with Crippen LogP contribution in [0.15, 0.2) is 47.4 Å². The Balaban J connectivity index is 2.48. The number of nitrogens with one attached hydrogen (secondary N) is 1. The Hall–Kier alpha value is -2.94. The van der Waals surface area contributed by atoms with Gasteiger partial charge in [-0.1, -0.05) is 19.9 Å². The van der Waals surface area contributed by atoms with E-state index >= 15 is 0 Å². The number of anilines is 1. The van der Waals surface area contributed by atoms with Crippen molar-refractivity contribution in [2.75, 3.05) is 38.2 Å². The molecule has 0 spiro atoms. The van der Waals surface area contributed by atoms with Gasteiger partial charge in [-0.2, -0.15) is 8.42 Å². The first-order chi connectivity index (χ1) is 16.1. The number of nitrogens with zero attached hydrogens (tertiary/aromatic N) is 2. The molecule has 0 saturated heterocycles. The van der Waals surface area contributed by atoms with Crippen LogP contribution in [0.4, 0.5) is 10.5 Å². The average molecular weight is 492 g/mol. The monoisotopic (exact) mass is 491 g/mol. The van der Waals surface area contributed by atoms with Crippen molar-refractivity contribution in [3.8, 4) is 11.5 Å². The lowest BCUT2D eigenvalue weighted by molar-refractivity contribution is 0.188. The molecule has 2 aromatic rings. The van der Waals surface area contributed by atoms with Gasteiger partial charge in [0.15, 0.2) is 0 Å². The summed E-state index contributed by atoms with van der Waals surface area (Å²) in [5.41, 5.74) is 1.46. The van der Waals surface area contributed by atoms with Crippen LogP contribution in [0, 0.1) is 5.92 Å². The third kappa shape index (κ3) is 7.28. The van der Waals surface area contributed by atoms with E-state index in [1.807, 2.05) is 46.8 Å². The van der Waals surface area contributed by atoms with E-state index in [4.69, 9.17) is 8.92 Å². The molecule has 8 nitrogen and oxygen atoms in total. The molecular weight excluding hydrogens is 454 g/mol. The van der Waals surface area contributed by atoms with E-state index in [1.54, 1.807) is 23.1 Å². The minimum atomic E-state index is -4.10. The maximum absolute atomic E-state index is 13.1. The standard InChI is InChI=1S/C25H37N3O5S/c1-7-26-25(29)28(17-19(4)5)18-20-10-11-21(27(8-2)9-3)16-24(20)33-34(30,31)23-14-12-22(32-6)13-15-23/h10-16,19H,7-9,17-18H2,1-6H3,(H,26,29). The minimum absolute atomic E-state index is 0.0234. The zero-order chi connectivity index (χ0) is 25.3. The van der Waals surface area contributed by atoms with E-state index in [-0.39, 0.29) is 29.1 Å². The SMILES string of the molecule is CCNC(=O)N(Cc1ccc(N(CC)CC)cc1OS(=O)(=O)c1ccc(OC)cc1)CC(C)C. The number of hydrogen-bond donors (Lipinski definition) is 1. The van der Waals surface area contributed by atoms with Crippen molar-refractivity contribution in [3.05, 3.63) is 48.0 Å². The number of hydrogen-bond acceptors (Lipinski definition) is 6. The number of urea groups is 1. The summed E-state index contributed by atoms with van der Waals surface area (Å²) >= 11 is 0. The topological polar surface area (TPSA) is 88.2 Å². The highest BCUT2D eigenvalue weighted by atomic mass is 32.2. The number of rotatable bonds is 12. The Labute approximate surface area is 204 Å². The largest absolute Gasteiger partial charge is 0.497 e. The van der Waals surface area contributed by atoms with Crippen LogP contribution < -0.4 is 19.1 Å². The summed E-state index contributed by atoms with van der Waals surface area (Å²) in [6, 6.07) is 11.3.